The molecule has 1 unspecified atom stereocenters. The molecule has 1 saturated heterocycles. The predicted molar refractivity (Wildman–Crippen MR) is 82.7 cm³/mol. The van der Waals surface area contributed by atoms with E-state index in [4.69, 9.17) is 0 Å². The van der Waals surface area contributed by atoms with Gasteiger partial charge in [-0.25, -0.2) is 0 Å². The van der Waals surface area contributed by atoms with Crippen LogP contribution in [0.1, 0.15) is 24.0 Å². The minimum atomic E-state index is 0.395. The van der Waals surface area contributed by atoms with E-state index in [0.717, 1.165) is 32.5 Å². The van der Waals surface area contributed by atoms with Gasteiger partial charge in [-0.3, -0.25) is 9.69 Å². The fourth-order valence-electron chi connectivity index (χ4n) is 2.84. The van der Waals surface area contributed by atoms with Crippen LogP contribution < -0.4 is 0 Å². The molecule has 3 nitrogen and oxygen atoms in total. The molecule has 0 saturated carbocycles. The van der Waals surface area contributed by atoms with Crippen LogP contribution >= 0.6 is 0 Å². The molecule has 1 aromatic rings. The Kier molecular flexibility index (Phi) is 5.32. The van der Waals surface area contributed by atoms with Gasteiger partial charge >= 0.3 is 0 Å². The molecule has 0 spiro atoms. The van der Waals surface area contributed by atoms with Crippen molar-refractivity contribution in [3.63, 3.8) is 0 Å². The van der Waals surface area contributed by atoms with E-state index in [1.165, 1.54) is 11.1 Å². The second-order valence-electron chi connectivity index (χ2n) is 6.36. The molecule has 0 aromatic heterocycles. The molecule has 0 bridgehead atoms. The molecule has 0 amide bonds. The van der Waals surface area contributed by atoms with Crippen molar-refractivity contribution in [3.8, 4) is 0 Å². The first-order chi connectivity index (χ1) is 9.52. The Morgan fingerprint density at radius 3 is 2.60 bits per heavy atom. The molecule has 1 aromatic carbocycles. The summed E-state index contributed by atoms with van der Waals surface area (Å²) >= 11 is 0. The first-order valence-corrected chi connectivity index (χ1v) is 7.47. The van der Waals surface area contributed by atoms with Crippen LogP contribution in [0.2, 0.25) is 0 Å². The zero-order valence-electron chi connectivity index (χ0n) is 12.9. The van der Waals surface area contributed by atoms with Gasteiger partial charge in [0.2, 0.25) is 0 Å². The van der Waals surface area contributed by atoms with Crippen LogP contribution in [-0.4, -0.2) is 49.3 Å². The van der Waals surface area contributed by atoms with E-state index < -0.39 is 0 Å². The van der Waals surface area contributed by atoms with E-state index in [1.807, 2.05) is 0 Å². The number of benzene rings is 1. The first kappa shape index (κ1) is 15.2. The third-order valence-corrected chi connectivity index (χ3v) is 3.94. The summed E-state index contributed by atoms with van der Waals surface area (Å²) < 4.78 is 0. The lowest BCUT2D eigenvalue weighted by Crippen LogP contribution is -2.41. The average molecular weight is 274 g/mol. The second kappa shape index (κ2) is 7.00. The molecule has 20 heavy (non-hydrogen) atoms. The lowest BCUT2D eigenvalue weighted by atomic mass is 9.93. The molecule has 1 fully saturated rings. The van der Waals surface area contributed by atoms with E-state index in [-0.39, 0.29) is 0 Å². The molecule has 1 aliphatic heterocycles. The normalized spacial score (nSPS) is 20.6. The van der Waals surface area contributed by atoms with Crippen LogP contribution in [0.3, 0.4) is 0 Å². The molecule has 3 heteroatoms. The minimum Gasteiger partial charge on any atom is -0.309 e. The van der Waals surface area contributed by atoms with E-state index in [2.05, 4.69) is 55.1 Å². The second-order valence-corrected chi connectivity index (χ2v) is 6.36. The van der Waals surface area contributed by atoms with Crippen molar-refractivity contribution in [2.24, 2.45) is 5.92 Å². The fourth-order valence-corrected chi connectivity index (χ4v) is 2.84. The predicted octanol–water partition coefficient (Wildman–Crippen LogP) is 2.34. The summed E-state index contributed by atoms with van der Waals surface area (Å²) in [5, 5.41) is 0. The van der Waals surface area contributed by atoms with Crippen molar-refractivity contribution in [1.29, 1.82) is 0 Å². The van der Waals surface area contributed by atoms with Gasteiger partial charge in [0.25, 0.3) is 0 Å². The highest BCUT2D eigenvalue weighted by atomic mass is 16.1. The molecule has 110 valence electrons. The number of likely N-dealkylation sites (tertiary alicyclic amines) is 1. The Balaban J connectivity index is 1.90. The summed E-state index contributed by atoms with van der Waals surface area (Å²) in [4.78, 5) is 16.4. The highest BCUT2D eigenvalue weighted by molar-refractivity contribution is 5.81. The molecule has 0 radical (unpaired) electrons. The van der Waals surface area contributed by atoms with Gasteiger partial charge in [-0.2, -0.15) is 0 Å². The number of piperidine rings is 1. The molecule has 1 aliphatic rings. The summed E-state index contributed by atoms with van der Waals surface area (Å²) in [5.41, 5.74) is 2.59. The summed E-state index contributed by atoms with van der Waals surface area (Å²) in [6.45, 7) is 5.73. The van der Waals surface area contributed by atoms with Crippen molar-refractivity contribution >= 4 is 5.78 Å². The molecular formula is C17H26N2O. The highest BCUT2D eigenvalue weighted by Gasteiger charge is 2.25. The third kappa shape index (κ3) is 4.73. The van der Waals surface area contributed by atoms with Crippen LogP contribution in [0.15, 0.2) is 24.3 Å². The molecule has 0 aliphatic carbocycles. The van der Waals surface area contributed by atoms with Gasteiger partial charge in [-0.1, -0.05) is 29.8 Å². The lowest BCUT2D eigenvalue weighted by Gasteiger charge is -2.32. The van der Waals surface area contributed by atoms with Gasteiger partial charge < -0.3 is 4.90 Å². The maximum atomic E-state index is 11.9. The number of nitrogens with zero attached hydrogens (tertiary/aromatic N) is 2. The largest absolute Gasteiger partial charge is 0.309 e. The SMILES string of the molecule is Cc1ccc(CN2CC(=O)CC(CCN(C)C)C2)cc1. The van der Waals surface area contributed by atoms with E-state index in [9.17, 15) is 4.79 Å². The van der Waals surface area contributed by atoms with Gasteiger partial charge in [-0.15, -0.1) is 0 Å². The zero-order valence-corrected chi connectivity index (χ0v) is 12.9. The summed E-state index contributed by atoms with van der Waals surface area (Å²) in [6.07, 6.45) is 1.88. The Morgan fingerprint density at radius 2 is 1.95 bits per heavy atom. The number of hydrogen-bond donors (Lipinski definition) is 0. The lowest BCUT2D eigenvalue weighted by molar-refractivity contribution is -0.124. The van der Waals surface area contributed by atoms with Crippen molar-refractivity contribution in [2.45, 2.75) is 26.3 Å². The van der Waals surface area contributed by atoms with E-state index in [1.54, 1.807) is 0 Å². The van der Waals surface area contributed by atoms with Crippen molar-refractivity contribution in [3.05, 3.63) is 35.4 Å². The molecule has 1 heterocycles. The minimum absolute atomic E-state index is 0.395. The summed E-state index contributed by atoms with van der Waals surface area (Å²) in [7, 11) is 4.18. The number of aryl methyl sites for hydroxylation is 1. The Bertz CT molecular complexity index is 439. The molecule has 1 atom stereocenters. The number of carbonyl (C=O) groups excluding carboxylic acids is 1. The van der Waals surface area contributed by atoms with Gasteiger partial charge in [0, 0.05) is 19.5 Å². The Labute approximate surface area is 122 Å². The van der Waals surface area contributed by atoms with Gasteiger partial charge in [0.05, 0.1) is 6.54 Å². The third-order valence-electron chi connectivity index (χ3n) is 3.94. The van der Waals surface area contributed by atoms with Gasteiger partial charge in [-0.05, 0) is 45.5 Å². The van der Waals surface area contributed by atoms with Crippen LogP contribution in [0.5, 0.6) is 0 Å². The average Bonchev–Trinajstić information content (AvgIpc) is 2.38. The molecule has 0 N–H and O–H groups in total. The monoisotopic (exact) mass is 274 g/mol. The topological polar surface area (TPSA) is 23.6 Å². The Morgan fingerprint density at radius 1 is 1.25 bits per heavy atom. The first-order valence-electron chi connectivity index (χ1n) is 7.47. The van der Waals surface area contributed by atoms with E-state index in [0.29, 0.717) is 18.2 Å². The Hall–Kier alpha value is -1.19. The summed E-state index contributed by atoms with van der Waals surface area (Å²) in [6, 6.07) is 8.63. The van der Waals surface area contributed by atoms with Crippen LogP contribution in [0.25, 0.3) is 0 Å². The zero-order chi connectivity index (χ0) is 14.5. The fraction of sp³-hybridized carbons (Fsp3) is 0.588. The standard InChI is InChI=1S/C17H26N2O/c1-14-4-6-15(7-5-14)11-19-12-16(8-9-18(2)3)10-17(20)13-19/h4-7,16H,8-13H2,1-3H3. The van der Waals surface area contributed by atoms with Crippen LogP contribution in [0.4, 0.5) is 0 Å². The number of rotatable bonds is 5. The quantitative estimate of drug-likeness (QED) is 0.823. The van der Waals surface area contributed by atoms with Crippen LogP contribution in [0, 0.1) is 12.8 Å². The molecular weight excluding hydrogens is 248 g/mol. The number of carbonyl (C=O) groups is 1. The number of ketones is 1. The van der Waals surface area contributed by atoms with Crippen molar-refractivity contribution in [1.82, 2.24) is 9.80 Å². The maximum Gasteiger partial charge on any atom is 0.147 e. The van der Waals surface area contributed by atoms with Gasteiger partial charge in [0.15, 0.2) is 0 Å². The number of hydrogen-bond acceptors (Lipinski definition) is 3. The number of Topliss-reactive ketones (excluding diaryl/α,β-unsaturated/α-hetero) is 1. The van der Waals surface area contributed by atoms with Crippen molar-refractivity contribution in [2.75, 3.05) is 33.7 Å². The highest BCUT2D eigenvalue weighted by Crippen LogP contribution is 2.19. The summed E-state index contributed by atoms with van der Waals surface area (Å²) in [5.74, 6) is 0.913. The van der Waals surface area contributed by atoms with Crippen LogP contribution in [-0.2, 0) is 11.3 Å². The molecule has 2 rings (SSSR count). The van der Waals surface area contributed by atoms with Gasteiger partial charge in [0.1, 0.15) is 5.78 Å². The van der Waals surface area contributed by atoms with Crippen molar-refractivity contribution < 1.29 is 4.79 Å². The smallest absolute Gasteiger partial charge is 0.147 e. The maximum absolute atomic E-state index is 11.9. The van der Waals surface area contributed by atoms with E-state index >= 15 is 0 Å².